The lowest BCUT2D eigenvalue weighted by Crippen LogP contribution is -2.42. The molecule has 0 atom stereocenters. The van der Waals surface area contributed by atoms with Gasteiger partial charge in [0.05, 0.1) is 5.69 Å². The van der Waals surface area contributed by atoms with Crippen LogP contribution in [0.4, 0.5) is 5.69 Å². The van der Waals surface area contributed by atoms with Gasteiger partial charge < -0.3 is 10.8 Å². The highest BCUT2D eigenvalue weighted by molar-refractivity contribution is 5.91. The van der Waals surface area contributed by atoms with Crippen molar-refractivity contribution in [1.29, 1.82) is 5.41 Å². The first-order valence-corrected chi connectivity index (χ1v) is 4.12. The number of hydrazine groups is 1. The summed E-state index contributed by atoms with van der Waals surface area (Å²) in [7, 11) is 0. The van der Waals surface area contributed by atoms with Crippen LogP contribution in [0.25, 0.3) is 0 Å². The van der Waals surface area contributed by atoms with Crippen molar-refractivity contribution in [3.63, 3.8) is 0 Å². The number of nitrogens with one attached hydrogen (secondary N) is 1. The largest absolute Gasteiger partial charge is 0.507 e. The first kappa shape index (κ1) is 10.3. The molecular weight excluding hydrogens is 180 g/mol. The Hall–Kier alpha value is -1.75. The fourth-order valence-electron chi connectivity index (χ4n) is 1.21. The van der Waals surface area contributed by atoms with Crippen LogP contribution >= 0.6 is 0 Å². The minimum atomic E-state index is -0.241. The lowest BCUT2D eigenvalue weighted by Gasteiger charge is -2.17. The summed E-state index contributed by atoms with van der Waals surface area (Å²) < 4.78 is 0. The van der Waals surface area contributed by atoms with Gasteiger partial charge >= 0.3 is 0 Å². The van der Waals surface area contributed by atoms with E-state index in [0.29, 0.717) is 16.8 Å². The van der Waals surface area contributed by atoms with Crippen molar-refractivity contribution < 1.29 is 5.11 Å². The average molecular weight is 194 g/mol. The Morgan fingerprint density at radius 1 is 1.36 bits per heavy atom. The third kappa shape index (κ3) is 1.77. The highest BCUT2D eigenvalue weighted by Gasteiger charge is 2.08. The van der Waals surface area contributed by atoms with Gasteiger partial charge in [-0.1, -0.05) is 0 Å². The van der Waals surface area contributed by atoms with Crippen LogP contribution in [-0.4, -0.2) is 11.1 Å². The molecule has 0 radical (unpaired) electrons. The molecule has 0 spiro atoms. The maximum absolute atomic E-state index is 9.51. The van der Waals surface area contributed by atoms with Gasteiger partial charge in [0.25, 0.3) is 0 Å². The fraction of sp³-hybridized carbons (Fsp3) is 0.222. The van der Waals surface area contributed by atoms with Crippen LogP contribution in [0.15, 0.2) is 12.1 Å². The predicted molar refractivity (Wildman–Crippen MR) is 56.2 cm³/mol. The van der Waals surface area contributed by atoms with Gasteiger partial charge in [0, 0.05) is 0 Å². The van der Waals surface area contributed by atoms with E-state index in [1.807, 2.05) is 0 Å². The normalized spacial score (nSPS) is 9.93. The number of anilines is 1. The lowest BCUT2D eigenvalue weighted by molar-refractivity contribution is 0.467. The number of benzene rings is 1. The zero-order valence-corrected chi connectivity index (χ0v) is 8.20. The number of nitrogens with zero attached hydrogens (tertiary/aromatic N) is 1. The topological polar surface area (TPSA) is 99.4 Å². The van der Waals surface area contributed by atoms with Crippen LogP contribution in [0.3, 0.4) is 0 Å². The maximum atomic E-state index is 9.51. The molecule has 0 saturated carbocycles. The van der Waals surface area contributed by atoms with Crippen molar-refractivity contribution in [2.75, 3.05) is 5.01 Å². The molecule has 5 heteroatoms. The monoisotopic (exact) mass is 194 g/mol. The molecule has 0 amide bonds. The molecule has 14 heavy (non-hydrogen) atoms. The third-order valence-corrected chi connectivity index (χ3v) is 2.01. The molecule has 0 aliphatic rings. The molecule has 0 aromatic heterocycles. The summed E-state index contributed by atoms with van der Waals surface area (Å²) in [5.74, 6) is 5.53. The molecule has 1 aromatic rings. The lowest BCUT2D eigenvalue weighted by atomic mass is 10.1. The van der Waals surface area contributed by atoms with E-state index in [1.165, 1.54) is 0 Å². The summed E-state index contributed by atoms with van der Waals surface area (Å²) in [5, 5.41) is 17.7. The molecule has 0 heterocycles. The van der Waals surface area contributed by atoms with Crippen LogP contribution in [-0.2, 0) is 0 Å². The second-order valence-corrected chi connectivity index (χ2v) is 3.18. The first-order valence-electron chi connectivity index (χ1n) is 4.12. The average Bonchev–Trinajstić information content (AvgIpc) is 2.12. The minimum absolute atomic E-state index is 0.241. The van der Waals surface area contributed by atoms with Crippen molar-refractivity contribution >= 4 is 11.6 Å². The molecule has 0 saturated heterocycles. The van der Waals surface area contributed by atoms with E-state index in [0.717, 1.165) is 5.01 Å². The SMILES string of the molecule is Cc1cc(N(N)C(=N)N)cc(C)c1O. The van der Waals surface area contributed by atoms with Crippen LogP contribution < -0.4 is 16.6 Å². The number of hydrogen-bond acceptors (Lipinski definition) is 3. The van der Waals surface area contributed by atoms with E-state index in [4.69, 9.17) is 17.0 Å². The molecule has 0 bridgehead atoms. The summed E-state index contributed by atoms with van der Waals surface area (Å²) in [4.78, 5) is 0. The van der Waals surface area contributed by atoms with Gasteiger partial charge in [-0.25, -0.2) is 10.9 Å². The zero-order chi connectivity index (χ0) is 10.9. The Bertz CT molecular complexity index is 352. The molecule has 0 aliphatic carbocycles. The van der Waals surface area contributed by atoms with E-state index in [9.17, 15) is 5.11 Å². The van der Waals surface area contributed by atoms with Crippen molar-refractivity contribution in [2.45, 2.75) is 13.8 Å². The number of aromatic hydroxyl groups is 1. The van der Waals surface area contributed by atoms with Gasteiger partial charge in [-0.15, -0.1) is 0 Å². The van der Waals surface area contributed by atoms with Gasteiger partial charge in [-0.3, -0.25) is 5.41 Å². The quantitative estimate of drug-likeness (QED) is 0.227. The summed E-state index contributed by atoms with van der Waals surface area (Å²) in [5.41, 5.74) is 7.23. The van der Waals surface area contributed by atoms with Gasteiger partial charge in [0.1, 0.15) is 5.75 Å². The number of rotatable bonds is 1. The highest BCUT2D eigenvalue weighted by Crippen LogP contribution is 2.26. The number of hydrogen-bond donors (Lipinski definition) is 4. The molecule has 5 nitrogen and oxygen atoms in total. The van der Waals surface area contributed by atoms with Gasteiger partial charge in [-0.05, 0) is 37.1 Å². The summed E-state index contributed by atoms with van der Waals surface area (Å²) in [6, 6.07) is 3.34. The fourth-order valence-corrected chi connectivity index (χ4v) is 1.21. The Kier molecular flexibility index (Phi) is 2.62. The molecule has 0 unspecified atom stereocenters. The van der Waals surface area contributed by atoms with Crippen molar-refractivity contribution in [3.05, 3.63) is 23.3 Å². The second-order valence-electron chi connectivity index (χ2n) is 3.18. The number of phenolic OH excluding ortho intramolecular Hbond substituents is 1. The van der Waals surface area contributed by atoms with Crippen LogP contribution in [0.2, 0.25) is 0 Å². The Morgan fingerprint density at radius 3 is 2.14 bits per heavy atom. The van der Waals surface area contributed by atoms with E-state index >= 15 is 0 Å². The number of aryl methyl sites for hydroxylation is 2. The maximum Gasteiger partial charge on any atom is 0.207 e. The molecule has 1 aromatic carbocycles. The van der Waals surface area contributed by atoms with E-state index in [1.54, 1.807) is 26.0 Å². The van der Waals surface area contributed by atoms with Crippen molar-refractivity contribution in [2.24, 2.45) is 11.6 Å². The Morgan fingerprint density at radius 2 is 1.79 bits per heavy atom. The van der Waals surface area contributed by atoms with Crippen molar-refractivity contribution in [1.82, 2.24) is 0 Å². The van der Waals surface area contributed by atoms with E-state index in [-0.39, 0.29) is 11.7 Å². The van der Waals surface area contributed by atoms with Gasteiger partial charge in [0.15, 0.2) is 0 Å². The molecule has 1 rings (SSSR count). The third-order valence-electron chi connectivity index (χ3n) is 2.01. The summed E-state index contributed by atoms with van der Waals surface area (Å²) in [6.45, 7) is 3.53. The van der Waals surface area contributed by atoms with Crippen LogP contribution in [0.1, 0.15) is 11.1 Å². The molecule has 0 fully saturated rings. The number of guanidine groups is 1. The number of nitrogens with two attached hydrogens (primary N) is 2. The molecular formula is C9H14N4O. The summed E-state index contributed by atoms with van der Waals surface area (Å²) in [6.07, 6.45) is 0. The zero-order valence-electron chi connectivity index (χ0n) is 8.20. The van der Waals surface area contributed by atoms with Crippen LogP contribution in [0.5, 0.6) is 5.75 Å². The molecule has 76 valence electrons. The Balaban J connectivity index is 3.19. The van der Waals surface area contributed by atoms with Crippen LogP contribution in [0, 0.1) is 19.3 Å². The molecule has 0 aliphatic heterocycles. The van der Waals surface area contributed by atoms with Gasteiger partial charge in [-0.2, -0.15) is 0 Å². The predicted octanol–water partition coefficient (Wildman–Crippen LogP) is 0.583. The smallest absolute Gasteiger partial charge is 0.207 e. The minimum Gasteiger partial charge on any atom is -0.507 e. The van der Waals surface area contributed by atoms with E-state index in [2.05, 4.69) is 0 Å². The Labute approximate surface area is 82.4 Å². The standard InChI is InChI=1S/C9H14N4O/c1-5-3-7(13(12)9(10)11)4-6(2)8(5)14/h3-4,14H,12H2,1-2H3,(H3,10,11). The van der Waals surface area contributed by atoms with Crippen molar-refractivity contribution in [3.8, 4) is 5.75 Å². The van der Waals surface area contributed by atoms with E-state index < -0.39 is 0 Å². The summed E-state index contributed by atoms with van der Waals surface area (Å²) >= 11 is 0. The number of phenols is 1. The molecule has 6 N–H and O–H groups in total. The second kappa shape index (κ2) is 3.55. The highest BCUT2D eigenvalue weighted by atomic mass is 16.3. The van der Waals surface area contributed by atoms with Gasteiger partial charge in [0.2, 0.25) is 5.96 Å². The first-order chi connectivity index (χ1) is 6.43.